The third kappa shape index (κ3) is 4.30. The maximum absolute atomic E-state index is 13.4. The van der Waals surface area contributed by atoms with E-state index in [1.54, 1.807) is 43.3 Å². The first-order chi connectivity index (χ1) is 14.9. The van der Waals surface area contributed by atoms with Gasteiger partial charge in [0, 0.05) is 19.2 Å². The molecule has 0 saturated carbocycles. The summed E-state index contributed by atoms with van der Waals surface area (Å²) in [5.41, 5.74) is 1.63. The zero-order valence-corrected chi connectivity index (χ0v) is 18.6. The Morgan fingerprint density at radius 3 is 2.61 bits per heavy atom. The van der Waals surface area contributed by atoms with Gasteiger partial charge in [-0.15, -0.1) is 4.40 Å². The fraction of sp³-hybridized carbons (Fsp3) is 0.391. The maximum Gasteiger partial charge on any atom is 0.285 e. The standard InChI is InChI=1S/C23H27N3O4S/c1-25(23-19-8-5-6-10-21(19)31(28,29)24-23)16-22(27)26-15-7-3-4-9-20(26)17-11-13-18(30-2)14-12-17/h5-6,8,10-14,20H,3-4,7,9,15-16H2,1-2H3/t20-/m1/s1. The topological polar surface area (TPSA) is 79.3 Å². The van der Waals surface area contributed by atoms with Crippen LogP contribution < -0.4 is 4.74 Å². The number of sulfonamides is 1. The van der Waals surface area contributed by atoms with Crippen molar-refractivity contribution in [2.75, 3.05) is 27.2 Å². The number of benzene rings is 2. The molecule has 1 atom stereocenters. The molecule has 1 amide bonds. The quantitative estimate of drug-likeness (QED) is 0.728. The van der Waals surface area contributed by atoms with E-state index in [4.69, 9.17) is 4.74 Å². The van der Waals surface area contributed by atoms with E-state index >= 15 is 0 Å². The predicted octanol–water partition coefficient (Wildman–Crippen LogP) is 3.22. The number of amidine groups is 1. The van der Waals surface area contributed by atoms with E-state index in [1.807, 2.05) is 29.2 Å². The molecule has 7 nitrogen and oxygen atoms in total. The van der Waals surface area contributed by atoms with Crippen molar-refractivity contribution in [2.45, 2.75) is 36.6 Å². The van der Waals surface area contributed by atoms with E-state index in [0.717, 1.165) is 37.0 Å². The van der Waals surface area contributed by atoms with Gasteiger partial charge in [-0.1, -0.05) is 37.1 Å². The van der Waals surface area contributed by atoms with E-state index in [1.165, 1.54) is 0 Å². The molecule has 0 radical (unpaired) electrons. The summed E-state index contributed by atoms with van der Waals surface area (Å²) in [5.74, 6) is 1.07. The Hall–Kier alpha value is -2.87. The van der Waals surface area contributed by atoms with E-state index in [2.05, 4.69) is 4.40 Å². The summed E-state index contributed by atoms with van der Waals surface area (Å²) in [5, 5.41) is 0. The molecule has 8 heteroatoms. The SMILES string of the molecule is COc1ccc([C@H]2CCCCCN2C(=O)CN(C)C2=NS(=O)(=O)c3ccccc32)cc1. The second-order valence-corrected chi connectivity index (χ2v) is 9.54. The summed E-state index contributed by atoms with van der Waals surface area (Å²) in [6.07, 6.45) is 4.01. The molecule has 2 heterocycles. The number of nitrogens with zero attached hydrogens (tertiary/aromatic N) is 3. The molecule has 0 spiro atoms. The first kappa shape index (κ1) is 21.4. The largest absolute Gasteiger partial charge is 0.497 e. The lowest BCUT2D eigenvalue weighted by atomic mass is 10.0. The number of hydrogen-bond donors (Lipinski definition) is 0. The van der Waals surface area contributed by atoms with Crippen LogP contribution in [0.3, 0.4) is 0 Å². The van der Waals surface area contributed by atoms with Gasteiger partial charge in [-0.05, 0) is 42.7 Å². The molecular formula is C23H27N3O4S. The fourth-order valence-corrected chi connectivity index (χ4v) is 5.56. The van der Waals surface area contributed by atoms with Crippen molar-refractivity contribution in [1.29, 1.82) is 0 Å². The van der Waals surface area contributed by atoms with Gasteiger partial charge in [-0.3, -0.25) is 4.79 Å². The number of hydrogen-bond acceptors (Lipinski definition) is 5. The Balaban J connectivity index is 1.56. The minimum atomic E-state index is -3.72. The van der Waals surface area contributed by atoms with E-state index in [9.17, 15) is 13.2 Å². The number of methoxy groups -OCH3 is 1. The number of carbonyl (C=O) groups excluding carboxylic acids is 1. The van der Waals surface area contributed by atoms with Crippen LogP contribution in [0.4, 0.5) is 0 Å². The molecule has 0 aliphatic carbocycles. The lowest BCUT2D eigenvalue weighted by Crippen LogP contribution is -2.42. The number of likely N-dealkylation sites (N-methyl/N-ethyl adjacent to an activating group) is 1. The van der Waals surface area contributed by atoms with Gasteiger partial charge in [-0.2, -0.15) is 8.42 Å². The van der Waals surface area contributed by atoms with Gasteiger partial charge in [0.2, 0.25) is 5.91 Å². The molecule has 1 saturated heterocycles. The smallest absolute Gasteiger partial charge is 0.285 e. The van der Waals surface area contributed by atoms with Crippen molar-refractivity contribution in [1.82, 2.24) is 9.80 Å². The first-order valence-corrected chi connectivity index (χ1v) is 11.9. The van der Waals surface area contributed by atoms with Crippen LogP contribution in [0.15, 0.2) is 57.8 Å². The number of fused-ring (bicyclic) bond motifs is 1. The number of carbonyl (C=O) groups is 1. The maximum atomic E-state index is 13.4. The second-order valence-electron chi connectivity index (χ2n) is 7.97. The summed E-state index contributed by atoms with van der Waals surface area (Å²) >= 11 is 0. The lowest BCUT2D eigenvalue weighted by Gasteiger charge is -2.32. The number of likely N-dealkylation sites (tertiary alicyclic amines) is 1. The van der Waals surface area contributed by atoms with Crippen molar-refractivity contribution in [3.63, 3.8) is 0 Å². The zero-order valence-electron chi connectivity index (χ0n) is 17.8. The van der Waals surface area contributed by atoms with Crippen LogP contribution in [0, 0.1) is 0 Å². The average Bonchev–Trinajstić information content (AvgIpc) is 2.92. The van der Waals surface area contributed by atoms with Crippen molar-refractivity contribution in [3.05, 3.63) is 59.7 Å². The average molecular weight is 442 g/mol. The van der Waals surface area contributed by atoms with Crippen molar-refractivity contribution >= 4 is 21.8 Å². The highest BCUT2D eigenvalue weighted by molar-refractivity contribution is 7.90. The van der Waals surface area contributed by atoms with Crippen molar-refractivity contribution in [2.24, 2.45) is 4.40 Å². The number of ether oxygens (including phenoxy) is 1. The second kappa shape index (κ2) is 8.70. The van der Waals surface area contributed by atoms with Crippen LogP contribution >= 0.6 is 0 Å². The van der Waals surface area contributed by atoms with Gasteiger partial charge < -0.3 is 14.5 Å². The molecule has 4 rings (SSSR count). The molecule has 2 aromatic rings. The minimum absolute atomic E-state index is 0.00385. The van der Waals surface area contributed by atoms with Crippen molar-refractivity contribution < 1.29 is 17.9 Å². The summed E-state index contributed by atoms with van der Waals surface area (Å²) in [6.45, 7) is 0.750. The molecule has 2 aromatic carbocycles. The summed E-state index contributed by atoms with van der Waals surface area (Å²) in [6, 6.07) is 14.6. The predicted molar refractivity (Wildman–Crippen MR) is 119 cm³/mol. The van der Waals surface area contributed by atoms with Crippen LogP contribution in [0.5, 0.6) is 5.75 Å². The highest BCUT2D eigenvalue weighted by atomic mass is 32.2. The van der Waals surface area contributed by atoms with Gasteiger partial charge in [0.15, 0.2) is 5.84 Å². The Kier molecular flexibility index (Phi) is 6.00. The zero-order chi connectivity index (χ0) is 22.0. The molecule has 2 aliphatic rings. The first-order valence-electron chi connectivity index (χ1n) is 10.5. The monoisotopic (exact) mass is 441 g/mol. The van der Waals surface area contributed by atoms with Gasteiger partial charge in [0.25, 0.3) is 10.0 Å². The molecule has 0 aromatic heterocycles. The molecule has 31 heavy (non-hydrogen) atoms. The van der Waals surface area contributed by atoms with Gasteiger partial charge >= 0.3 is 0 Å². The number of amides is 1. The molecule has 2 aliphatic heterocycles. The molecule has 0 bridgehead atoms. The molecule has 0 N–H and O–H groups in total. The highest BCUT2D eigenvalue weighted by Gasteiger charge is 2.33. The van der Waals surface area contributed by atoms with Crippen LogP contribution in [0.1, 0.15) is 42.9 Å². The van der Waals surface area contributed by atoms with Crippen LogP contribution in [-0.2, 0) is 14.8 Å². The lowest BCUT2D eigenvalue weighted by molar-refractivity contribution is -0.133. The highest BCUT2D eigenvalue weighted by Crippen LogP contribution is 2.32. The molecule has 164 valence electrons. The summed E-state index contributed by atoms with van der Waals surface area (Å²) in [7, 11) is -0.365. The van der Waals surface area contributed by atoms with Gasteiger partial charge in [0.05, 0.1) is 19.7 Å². The fourth-order valence-electron chi connectivity index (χ4n) is 4.31. The number of rotatable bonds is 4. The Labute approximate surface area is 183 Å². The van der Waals surface area contributed by atoms with E-state index in [0.29, 0.717) is 17.9 Å². The normalized spacial score (nSPS) is 19.9. The Morgan fingerprint density at radius 1 is 1.13 bits per heavy atom. The Bertz CT molecular complexity index is 1100. The summed E-state index contributed by atoms with van der Waals surface area (Å²) < 4.78 is 33.9. The van der Waals surface area contributed by atoms with Crippen LogP contribution in [-0.4, -0.2) is 57.2 Å². The van der Waals surface area contributed by atoms with Crippen LogP contribution in [0.25, 0.3) is 0 Å². The van der Waals surface area contributed by atoms with E-state index < -0.39 is 10.0 Å². The van der Waals surface area contributed by atoms with Gasteiger partial charge in [0.1, 0.15) is 10.6 Å². The van der Waals surface area contributed by atoms with Crippen molar-refractivity contribution in [3.8, 4) is 5.75 Å². The third-order valence-electron chi connectivity index (χ3n) is 5.92. The Morgan fingerprint density at radius 2 is 1.87 bits per heavy atom. The molecular weight excluding hydrogens is 414 g/mol. The molecule has 1 fully saturated rings. The van der Waals surface area contributed by atoms with Crippen LogP contribution in [0.2, 0.25) is 0 Å². The van der Waals surface area contributed by atoms with Gasteiger partial charge in [-0.25, -0.2) is 0 Å². The van der Waals surface area contributed by atoms with E-state index in [-0.39, 0.29) is 23.4 Å². The summed E-state index contributed by atoms with van der Waals surface area (Å²) in [4.78, 5) is 17.1. The third-order valence-corrected chi connectivity index (χ3v) is 7.25. The molecule has 0 unspecified atom stereocenters. The minimum Gasteiger partial charge on any atom is -0.497 e.